The van der Waals surface area contributed by atoms with Gasteiger partial charge in [-0.2, -0.15) is 0 Å². The summed E-state index contributed by atoms with van der Waals surface area (Å²) >= 11 is 1.85. The molecule has 10 aromatic rings. The average molecular weight is 658 g/mol. The molecule has 3 heterocycles. The molecule has 0 aliphatic rings. The topological polar surface area (TPSA) is 51.8 Å². The molecule has 0 fully saturated rings. The lowest BCUT2D eigenvalue weighted by molar-refractivity contribution is 0.669. The highest BCUT2D eigenvalue weighted by Crippen LogP contribution is 2.37. The van der Waals surface area contributed by atoms with Gasteiger partial charge in [0.1, 0.15) is 11.2 Å². The van der Waals surface area contributed by atoms with E-state index in [1.807, 2.05) is 65.9 Å². The lowest BCUT2D eigenvalue weighted by Crippen LogP contribution is -2.00. The zero-order chi connectivity index (χ0) is 33.0. The van der Waals surface area contributed by atoms with Crippen molar-refractivity contribution < 1.29 is 4.42 Å². The molecule has 50 heavy (non-hydrogen) atoms. The van der Waals surface area contributed by atoms with Crippen LogP contribution in [0.3, 0.4) is 0 Å². The van der Waals surface area contributed by atoms with E-state index in [-0.39, 0.29) is 0 Å². The normalized spacial score (nSPS) is 11.6. The van der Waals surface area contributed by atoms with Crippen LogP contribution in [-0.2, 0) is 0 Å². The molecule has 0 atom stereocenters. The van der Waals surface area contributed by atoms with Gasteiger partial charge in [0.15, 0.2) is 17.5 Å². The first-order valence-corrected chi connectivity index (χ1v) is 17.4. The minimum atomic E-state index is 0.598. The Morgan fingerprint density at radius 2 is 0.860 bits per heavy atom. The molecule has 0 radical (unpaired) electrons. The van der Waals surface area contributed by atoms with Crippen molar-refractivity contribution in [1.82, 2.24) is 15.0 Å². The number of hydrogen-bond acceptors (Lipinski definition) is 5. The second-order valence-corrected chi connectivity index (χ2v) is 13.5. The molecule has 4 nitrogen and oxygen atoms in total. The first-order valence-electron chi connectivity index (χ1n) is 16.6. The van der Waals surface area contributed by atoms with Crippen LogP contribution in [0.1, 0.15) is 0 Å². The van der Waals surface area contributed by atoms with E-state index in [1.165, 1.54) is 31.3 Å². The monoisotopic (exact) mass is 657 g/mol. The molecule has 0 N–H and O–H groups in total. The molecular formula is C45H27N3OS. The van der Waals surface area contributed by atoms with Crippen molar-refractivity contribution in [1.29, 1.82) is 0 Å². The van der Waals surface area contributed by atoms with E-state index in [9.17, 15) is 0 Å². The summed E-state index contributed by atoms with van der Waals surface area (Å²) < 4.78 is 8.84. The van der Waals surface area contributed by atoms with E-state index in [0.717, 1.165) is 49.8 Å². The van der Waals surface area contributed by atoms with Crippen LogP contribution < -0.4 is 0 Å². The van der Waals surface area contributed by atoms with Gasteiger partial charge in [0, 0.05) is 47.6 Å². The van der Waals surface area contributed by atoms with E-state index >= 15 is 0 Å². The summed E-state index contributed by atoms with van der Waals surface area (Å²) in [6, 6.07) is 57.0. The van der Waals surface area contributed by atoms with Crippen LogP contribution in [0.2, 0.25) is 0 Å². The lowest BCUT2D eigenvalue weighted by Gasteiger charge is -2.10. The summed E-state index contributed by atoms with van der Waals surface area (Å²) in [4.78, 5) is 15.0. The predicted molar refractivity (Wildman–Crippen MR) is 207 cm³/mol. The van der Waals surface area contributed by atoms with Crippen molar-refractivity contribution in [2.75, 3.05) is 0 Å². The maximum absolute atomic E-state index is 6.21. The quantitative estimate of drug-likeness (QED) is 0.185. The summed E-state index contributed by atoms with van der Waals surface area (Å²) in [7, 11) is 0. The van der Waals surface area contributed by atoms with E-state index in [2.05, 4.69) is 109 Å². The number of rotatable bonds is 5. The number of furan rings is 1. The van der Waals surface area contributed by atoms with E-state index < -0.39 is 0 Å². The fourth-order valence-corrected chi connectivity index (χ4v) is 7.90. The van der Waals surface area contributed by atoms with Crippen LogP contribution in [0.5, 0.6) is 0 Å². The standard InChI is InChI=1S/C45H27N3OS/c1-2-9-30(10-3-1)43-46-44(48-45(47-43)34-21-23-36-35-13-4-6-15-39(35)49-40(36)27-34)33-12-8-11-31(25-33)28-17-19-29(20-18-28)32-22-24-42-38(26-32)37-14-5-7-16-41(37)50-42/h1-27H. The van der Waals surface area contributed by atoms with Crippen LogP contribution in [-0.4, -0.2) is 15.0 Å². The Hall–Kier alpha value is -6.43. The van der Waals surface area contributed by atoms with Gasteiger partial charge in [0.25, 0.3) is 0 Å². The number of benzene rings is 7. The van der Waals surface area contributed by atoms with Crippen LogP contribution >= 0.6 is 11.3 Å². The second-order valence-electron chi connectivity index (χ2n) is 12.4. The van der Waals surface area contributed by atoms with Crippen LogP contribution in [0.4, 0.5) is 0 Å². The molecule has 0 unspecified atom stereocenters. The third-order valence-corrected chi connectivity index (χ3v) is 10.5. The van der Waals surface area contributed by atoms with Crippen molar-refractivity contribution >= 4 is 53.4 Å². The highest BCUT2D eigenvalue weighted by atomic mass is 32.1. The Balaban J connectivity index is 1.03. The number of thiophene rings is 1. The summed E-state index contributed by atoms with van der Waals surface area (Å²) in [6.07, 6.45) is 0. The van der Waals surface area contributed by atoms with Gasteiger partial charge in [-0.05, 0) is 64.7 Å². The van der Waals surface area contributed by atoms with Gasteiger partial charge in [-0.3, -0.25) is 0 Å². The fraction of sp³-hybridized carbons (Fsp3) is 0. The third kappa shape index (κ3) is 4.95. The molecule has 0 saturated carbocycles. The second kappa shape index (κ2) is 11.6. The average Bonchev–Trinajstić information content (AvgIpc) is 3.76. The van der Waals surface area contributed by atoms with E-state index in [0.29, 0.717) is 17.5 Å². The Morgan fingerprint density at radius 1 is 0.320 bits per heavy atom. The maximum Gasteiger partial charge on any atom is 0.164 e. The number of nitrogens with zero attached hydrogens (tertiary/aromatic N) is 3. The molecule has 234 valence electrons. The van der Waals surface area contributed by atoms with E-state index in [4.69, 9.17) is 19.4 Å². The third-order valence-electron chi connectivity index (χ3n) is 9.35. The molecule has 0 saturated heterocycles. The highest BCUT2D eigenvalue weighted by Gasteiger charge is 2.15. The smallest absolute Gasteiger partial charge is 0.164 e. The summed E-state index contributed by atoms with van der Waals surface area (Å²) in [5, 5.41) is 4.79. The molecule has 7 aromatic carbocycles. The minimum Gasteiger partial charge on any atom is -0.456 e. The number of hydrogen-bond donors (Lipinski definition) is 0. The first-order chi connectivity index (χ1) is 24.7. The van der Waals surface area contributed by atoms with Crippen LogP contribution in [0.15, 0.2) is 168 Å². The number of para-hydroxylation sites is 1. The molecular weight excluding hydrogens is 631 g/mol. The predicted octanol–water partition coefficient (Wildman–Crippen LogP) is 12.5. The van der Waals surface area contributed by atoms with Crippen LogP contribution in [0, 0.1) is 0 Å². The van der Waals surface area contributed by atoms with Crippen molar-refractivity contribution in [3.05, 3.63) is 164 Å². The maximum atomic E-state index is 6.21. The fourth-order valence-electron chi connectivity index (χ4n) is 6.81. The van der Waals surface area contributed by atoms with Gasteiger partial charge in [-0.15, -0.1) is 11.3 Å². The van der Waals surface area contributed by atoms with Crippen molar-refractivity contribution in [3.63, 3.8) is 0 Å². The zero-order valence-electron chi connectivity index (χ0n) is 26.7. The summed E-state index contributed by atoms with van der Waals surface area (Å²) in [6.45, 7) is 0. The number of aromatic nitrogens is 3. The number of fused-ring (bicyclic) bond motifs is 6. The van der Waals surface area contributed by atoms with Gasteiger partial charge in [-0.25, -0.2) is 15.0 Å². The zero-order valence-corrected chi connectivity index (χ0v) is 27.6. The molecule has 0 amide bonds. The molecule has 0 bridgehead atoms. The molecule has 10 rings (SSSR count). The van der Waals surface area contributed by atoms with Gasteiger partial charge in [0.05, 0.1) is 0 Å². The molecule has 0 spiro atoms. The van der Waals surface area contributed by atoms with E-state index in [1.54, 1.807) is 0 Å². The van der Waals surface area contributed by atoms with Gasteiger partial charge in [-0.1, -0.05) is 121 Å². The Morgan fingerprint density at radius 3 is 1.66 bits per heavy atom. The molecule has 0 aliphatic heterocycles. The molecule has 0 aliphatic carbocycles. The van der Waals surface area contributed by atoms with Crippen molar-refractivity contribution in [3.8, 4) is 56.4 Å². The summed E-state index contributed by atoms with van der Waals surface area (Å²) in [5.74, 6) is 1.84. The SMILES string of the molecule is c1ccc(-c2nc(-c3cccc(-c4ccc(-c5ccc6sc7ccccc7c6c5)cc4)c3)nc(-c3ccc4c(c3)oc3ccccc34)n2)cc1. The Bertz CT molecular complexity index is 2870. The van der Waals surface area contributed by atoms with Crippen molar-refractivity contribution in [2.24, 2.45) is 0 Å². The largest absolute Gasteiger partial charge is 0.456 e. The first kappa shape index (κ1) is 28.6. The minimum absolute atomic E-state index is 0.598. The molecule has 3 aromatic heterocycles. The van der Waals surface area contributed by atoms with Gasteiger partial charge < -0.3 is 4.42 Å². The summed E-state index contributed by atoms with van der Waals surface area (Å²) in [5.41, 5.74) is 9.04. The Kier molecular flexibility index (Phi) is 6.64. The van der Waals surface area contributed by atoms with Crippen LogP contribution in [0.25, 0.3) is 98.5 Å². The highest BCUT2D eigenvalue weighted by molar-refractivity contribution is 7.25. The molecule has 5 heteroatoms. The van der Waals surface area contributed by atoms with Gasteiger partial charge in [0.2, 0.25) is 0 Å². The Labute approximate surface area is 292 Å². The van der Waals surface area contributed by atoms with Gasteiger partial charge >= 0.3 is 0 Å². The lowest BCUT2D eigenvalue weighted by atomic mass is 9.98. The van der Waals surface area contributed by atoms with Crippen molar-refractivity contribution in [2.45, 2.75) is 0 Å².